The lowest BCUT2D eigenvalue weighted by Crippen LogP contribution is -2.42. The van der Waals surface area contributed by atoms with Crippen LogP contribution in [0.3, 0.4) is 0 Å². The van der Waals surface area contributed by atoms with Crippen LogP contribution >= 0.6 is 0 Å². The molecule has 0 bridgehead atoms. The lowest BCUT2D eigenvalue weighted by atomic mass is 9.86. The van der Waals surface area contributed by atoms with Gasteiger partial charge in [-0.15, -0.1) is 0 Å². The van der Waals surface area contributed by atoms with Crippen molar-refractivity contribution in [2.24, 2.45) is 5.73 Å². The van der Waals surface area contributed by atoms with Gasteiger partial charge in [0, 0.05) is 35.1 Å². The zero-order valence-corrected chi connectivity index (χ0v) is 11.1. The Kier molecular flexibility index (Phi) is 3.97. The molecule has 21 heavy (non-hydrogen) atoms. The van der Waals surface area contributed by atoms with E-state index in [4.69, 9.17) is 10.8 Å². The molecular weight excluding hydrogens is 276 g/mol. The van der Waals surface area contributed by atoms with E-state index in [2.05, 4.69) is 4.98 Å². The SMILES string of the molecule is N[C@@H](CC(=O)O)CC(O)(C(=O)O)c1c[nH]c2ccccc12. The Bertz CT molecular complexity index is 681. The standard InChI is InChI=1S/C14H16N2O5/c15-8(5-12(17)18)6-14(21,13(19)20)10-7-16-11-4-2-1-3-9(10)11/h1-4,7-8,16,21H,5-6,15H2,(H,17,18)(H,19,20)/t8-,14?/m0/s1. The fourth-order valence-corrected chi connectivity index (χ4v) is 2.40. The first-order chi connectivity index (χ1) is 9.84. The van der Waals surface area contributed by atoms with Gasteiger partial charge in [0.1, 0.15) is 0 Å². The van der Waals surface area contributed by atoms with Crippen LogP contribution in [0.1, 0.15) is 18.4 Å². The van der Waals surface area contributed by atoms with Gasteiger partial charge in [-0.05, 0) is 6.07 Å². The van der Waals surface area contributed by atoms with E-state index in [1.807, 2.05) is 0 Å². The number of hydrogen-bond acceptors (Lipinski definition) is 4. The number of H-pyrrole nitrogens is 1. The Morgan fingerprint density at radius 1 is 1.29 bits per heavy atom. The number of aliphatic carboxylic acids is 2. The number of fused-ring (bicyclic) bond motifs is 1. The Morgan fingerprint density at radius 2 is 1.95 bits per heavy atom. The summed E-state index contributed by atoms with van der Waals surface area (Å²) in [5, 5.41) is 29.2. The largest absolute Gasteiger partial charge is 0.481 e. The molecule has 0 aliphatic heterocycles. The molecule has 0 fully saturated rings. The molecule has 7 nitrogen and oxygen atoms in total. The number of benzene rings is 1. The molecule has 6 N–H and O–H groups in total. The molecule has 0 spiro atoms. The predicted molar refractivity (Wildman–Crippen MR) is 74.7 cm³/mol. The minimum Gasteiger partial charge on any atom is -0.481 e. The molecule has 0 radical (unpaired) electrons. The topological polar surface area (TPSA) is 137 Å². The molecule has 0 amide bonds. The summed E-state index contributed by atoms with van der Waals surface area (Å²) in [5.74, 6) is -2.61. The fraction of sp³-hybridized carbons (Fsp3) is 0.286. The van der Waals surface area contributed by atoms with Crippen molar-refractivity contribution in [3.8, 4) is 0 Å². The van der Waals surface area contributed by atoms with E-state index in [9.17, 15) is 19.8 Å². The summed E-state index contributed by atoms with van der Waals surface area (Å²) in [4.78, 5) is 25.0. The molecule has 1 unspecified atom stereocenters. The zero-order chi connectivity index (χ0) is 15.6. The molecule has 2 rings (SSSR count). The van der Waals surface area contributed by atoms with Crippen molar-refractivity contribution < 1.29 is 24.9 Å². The fourth-order valence-electron chi connectivity index (χ4n) is 2.40. The van der Waals surface area contributed by atoms with Crippen LogP contribution in [0.4, 0.5) is 0 Å². The summed E-state index contributed by atoms with van der Waals surface area (Å²) in [7, 11) is 0. The molecule has 2 atom stereocenters. The van der Waals surface area contributed by atoms with Gasteiger partial charge in [0.2, 0.25) is 0 Å². The molecule has 1 aromatic heterocycles. The van der Waals surface area contributed by atoms with Crippen molar-refractivity contribution >= 4 is 22.8 Å². The number of carboxylic acids is 2. The van der Waals surface area contributed by atoms with Crippen molar-refractivity contribution in [1.29, 1.82) is 0 Å². The normalized spacial score (nSPS) is 15.5. The van der Waals surface area contributed by atoms with Crippen molar-refractivity contribution in [1.82, 2.24) is 4.98 Å². The number of nitrogens with two attached hydrogens (primary N) is 1. The number of carboxylic acid groups (broad SMARTS) is 2. The first-order valence-corrected chi connectivity index (χ1v) is 6.34. The monoisotopic (exact) mass is 292 g/mol. The number of carbonyl (C=O) groups is 2. The van der Waals surface area contributed by atoms with Crippen molar-refractivity contribution in [3.05, 3.63) is 36.0 Å². The van der Waals surface area contributed by atoms with E-state index in [-0.39, 0.29) is 5.56 Å². The summed E-state index contributed by atoms with van der Waals surface area (Å²) >= 11 is 0. The summed E-state index contributed by atoms with van der Waals surface area (Å²) in [6.45, 7) is 0. The summed E-state index contributed by atoms with van der Waals surface area (Å²) in [6, 6.07) is 5.95. The van der Waals surface area contributed by atoms with E-state index in [0.717, 1.165) is 0 Å². The van der Waals surface area contributed by atoms with Crippen LogP contribution in [-0.4, -0.2) is 38.3 Å². The number of aromatic amines is 1. The van der Waals surface area contributed by atoms with Crippen molar-refractivity contribution in [2.45, 2.75) is 24.5 Å². The molecule has 112 valence electrons. The van der Waals surface area contributed by atoms with Gasteiger partial charge in [0.05, 0.1) is 6.42 Å². The molecule has 1 heterocycles. The highest BCUT2D eigenvalue weighted by atomic mass is 16.4. The Balaban J connectivity index is 2.42. The molecule has 7 heteroatoms. The third-order valence-electron chi connectivity index (χ3n) is 3.38. The molecule has 2 aromatic rings. The van der Waals surface area contributed by atoms with Crippen LogP contribution in [0.25, 0.3) is 10.9 Å². The molecular formula is C14H16N2O5. The van der Waals surface area contributed by atoms with E-state index in [1.165, 1.54) is 6.20 Å². The van der Waals surface area contributed by atoms with Gasteiger partial charge < -0.3 is 26.0 Å². The Hall–Kier alpha value is -2.38. The van der Waals surface area contributed by atoms with Gasteiger partial charge in [0.15, 0.2) is 5.60 Å². The van der Waals surface area contributed by atoms with Crippen LogP contribution in [-0.2, 0) is 15.2 Å². The van der Waals surface area contributed by atoms with Crippen LogP contribution in [0.15, 0.2) is 30.5 Å². The minimum absolute atomic E-state index is 0.173. The molecule has 0 saturated carbocycles. The summed E-state index contributed by atoms with van der Waals surface area (Å²) < 4.78 is 0. The van der Waals surface area contributed by atoms with Gasteiger partial charge in [-0.1, -0.05) is 18.2 Å². The van der Waals surface area contributed by atoms with E-state index >= 15 is 0 Å². The van der Waals surface area contributed by atoms with Crippen LogP contribution in [0, 0.1) is 0 Å². The van der Waals surface area contributed by atoms with Crippen LogP contribution in [0.5, 0.6) is 0 Å². The second-order valence-corrected chi connectivity index (χ2v) is 4.98. The quantitative estimate of drug-likeness (QED) is 0.529. The van der Waals surface area contributed by atoms with Crippen LogP contribution in [0.2, 0.25) is 0 Å². The smallest absolute Gasteiger partial charge is 0.340 e. The predicted octanol–water partition coefficient (Wildman–Crippen LogP) is 0.632. The lowest BCUT2D eigenvalue weighted by molar-refractivity contribution is -0.161. The minimum atomic E-state index is -2.24. The first-order valence-electron chi connectivity index (χ1n) is 6.34. The highest BCUT2D eigenvalue weighted by molar-refractivity contribution is 5.91. The lowest BCUT2D eigenvalue weighted by Gasteiger charge is -2.25. The summed E-state index contributed by atoms with van der Waals surface area (Å²) in [6.07, 6.45) is 0.598. The zero-order valence-electron chi connectivity index (χ0n) is 11.1. The second kappa shape index (κ2) is 5.55. The van der Waals surface area contributed by atoms with Crippen LogP contribution < -0.4 is 5.73 Å². The number of aromatic nitrogens is 1. The average molecular weight is 292 g/mol. The average Bonchev–Trinajstić information content (AvgIpc) is 2.81. The number of rotatable bonds is 6. The Labute approximate surface area is 120 Å². The molecule has 0 aliphatic rings. The van der Waals surface area contributed by atoms with Gasteiger partial charge in [-0.25, -0.2) is 4.79 Å². The summed E-state index contributed by atoms with van der Waals surface area (Å²) in [5.41, 5.74) is 4.24. The van der Waals surface area contributed by atoms with Crippen molar-refractivity contribution in [2.75, 3.05) is 0 Å². The number of nitrogens with one attached hydrogen (secondary N) is 1. The van der Waals surface area contributed by atoms with Crippen molar-refractivity contribution in [3.63, 3.8) is 0 Å². The molecule has 0 saturated heterocycles. The van der Waals surface area contributed by atoms with E-state index in [0.29, 0.717) is 10.9 Å². The second-order valence-electron chi connectivity index (χ2n) is 4.98. The number of hydrogen-bond donors (Lipinski definition) is 5. The number of aliphatic hydroxyl groups is 1. The molecule has 0 aliphatic carbocycles. The third kappa shape index (κ3) is 2.88. The number of para-hydroxylation sites is 1. The Morgan fingerprint density at radius 3 is 2.57 bits per heavy atom. The van der Waals surface area contributed by atoms with Gasteiger partial charge in [-0.2, -0.15) is 0 Å². The van der Waals surface area contributed by atoms with Gasteiger partial charge >= 0.3 is 11.9 Å². The first kappa shape index (κ1) is 15.0. The third-order valence-corrected chi connectivity index (χ3v) is 3.38. The maximum Gasteiger partial charge on any atom is 0.340 e. The van der Waals surface area contributed by atoms with E-state index < -0.39 is 36.4 Å². The maximum absolute atomic E-state index is 11.5. The molecule has 1 aromatic carbocycles. The highest BCUT2D eigenvalue weighted by Gasteiger charge is 2.41. The van der Waals surface area contributed by atoms with Gasteiger partial charge in [-0.3, -0.25) is 4.79 Å². The van der Waals surface area contributed by atoms with E-state index in [1.54, 1.807) is 24.3 Å². The highest BCUT2D eigenvalue weighted by Crippen LogP contribution is 2.33. The van der Waals surface area contributed by atoms with Gasteiger partial charge in [0.25, 0.3) is 0 Å². The maximum atomic E-state index is 11.5.